The highest BCUT2D eigenvalue weighted by Crippen LogP contribution is 2.27. The van der Waals surface area contributed by atoms with Crippen LogP contribution in [0.2, 0.25) is 5.02 Å². The number of anilines is 1. The molecule has 4 nitrogen and oxygen atoms in total. The summed E-state index contributed by atoms with van der Waals surface area (Å²) in [4.78, 5) is 12.3. The van der Waals surface area contributed by atoms with Gasteiger partial charge in [-0.2, -0.15) is 0 Å². The van der Waals surface area contributed by atoms with E-state index >= 15 is 0 Å². The molecule has 0 saturated carbocycles. The van der Waals surface area contributed by atoms with Crippen LogP contribution in [0.15, 0.2) is 48.5 Å². The third-order valence-electron chi connectivity index (χ3n) is 3.11. The molecule has 0 aliphatic heterocycles. The zero-order valence-corrected chi connectivity index (χ0v) is 13.3. The number of para-hydroxylation sites is 2. The third kappa shape index (κ3) is 4.15. The van der Waals surface area contributed by atoms with Crippen LogP contribution in [0.3, 0.4) is 0 Å². The van der Waals surface area contributed by atoms with Crippen molar-refractivity contribution in [2.75, 3.05) is 12.4 Å². The minimum absolute atomic E-state index is 0.212. The molecule has 2 aromatic rings. The minimum atomic E-state index is -0.605. The van der Waals surface area contributed by atoms with Gasteiger partial charge in [0, 0.05) is 10.7 Å². The molecule has 22 heavy (non-hydrogen) atoms. The summed E-state index contributed by atoms with van der Waals surface area (Å²) in [5.41, 5.74) is 0.677. The molecule has 1 atom stereocenters. The molecule has 5 heteroatoms. The number of hydrogen-bond acceptors (Lipinski definition) is 3. The lowest BCUT2D eigenvalue weighted by molar-refractivity contribution is -0.122. The van der Waals surface area contributed by atoms with E-state index in [1.54, 1.807) is 43.5 Å². The number of halogens is 1. The number of carbonyl (C=O) groups is 1. The molecule has 0 unspecified atom stereocenters. The molecule has 0 spiro atoms. The summed E-state index contributed by atoms with van der Waals surface area (Å²) in [5.74, 6) is 0.930. The molecule has 0 bridgehead atoms. The Balaban J connectivity index is 2.07. The Morgan fingerprint density at radius 3 is 2.36 bits per heavy atom. The molecule has 2 aromatic carbocycles. The van der Waals surface area contributed by atoms with Gasteiger partial charge < -0.3 is 14.8 Å². The summed E-state index contributed by atoms with van der Waals surface area (Å²) in [5, 5.41) is 3.44. The molecule has 116 valence electrons. The maximum atomic E-state index is 12.3. The number of amides is 1. The van der Waals surface area contributed by atoms with E-state index in [4.69, 9.17) is 21.1 Å². The van der Waals surface area contributed by atoms with E-state index in [-0.39, 0.29) is 5.91 Å². The van der Waals surface area contributed by atoms with Gasteiger partial charge in [-0.3, -0.25) is 4.79 Å². The lowest BCUT2D eigenvalue weighted by Crippen LogP contribution is -2.32. The predicted molar refractivity (Wildman–Crippen MR) is 87.8 cm³/mol. The first-order valence-corrected chi connectivity index (χ1v) is 7.38. The van der Waals surface area contributed by atoms with E-state index in [1.807, 2.05) is 19.1 Å². The van der Waals surface area contributed by atoms with Gasteiger partial charge in [0.2, 0.25) is 0 Å². The molecule has 1 N–H and O–H groups in total. The van der Waals surface area contributed by atoms with Gasteiger partial charge in [0.05, 0.1) is 7.11 Å². The number of rotatable bonds is 6. The van der Waals surface area contributed by atoms with E-state index in [1.165, 1.54) is 0 Å². The van der Waals surface area contributed by atoms with Crippen LogP contribution in [-0.4, -0.2) is 19.1 Å². The molecule has 2 rings (SSSR count). The molecule has 0 aliphatic rings. The highest BCUT2D eigenvalue weighted by Gasteiger charge is 2.20. The van der Waals surface area contributed by atoms with Crippen LogP contribution in [-0.2, 0) is 4.79 Å². The summed E-state index contributed by atoms with van der Waals surface area (Å²) >= 11 is 5.83. The topological polar surface area (TPSA) is 47.6 Å². The van der Waals surface area contributed by atoms with E-state index in [2.05, 4.69) is 5.32 Å². The summed E-state index contributed by atoms with van der Waals surface area (Å²) in [7, 11) is 1.57. The molecular formula is C17H18ClNO3. The third-order valence-corrected chi connectivity index (χ3v) is 3.37. The van der Waals surface area contributed by atoms with Gasteiger partial charge in [0.15, 0.2) is 17.6 Å². The van der Waals surface area contributed by atoms with Crippen molar-refractivity contribution in [1.29, 1.82) is 0 Å². The fourth-order valence-corrected chi connectivity index (χ4v) is 2.07. The van der Waals surface area contributed by atoms with Gasteiger partial charge >= 0.3 is 0 Å². The number of benzene rings is 2. The van der Waals surface area contributed by atoms with Gasteiger partial charge in [-0.15, -0.1) is 0 Å². The highest BCUT2D eigenvalue weighted by molar-refractivity contribution is 6.30. The predicted octanol–water partition coefficient (Wildman–Crippen LogP) is 4.14. The number of carbonyl (C=O) groups excluding carboxylic acids is 1. The molecule has 0 heterocycles. The van der Waals surface area contributed by atoms with Crippen molar-refractivity contribution in [3.8, 4) is 11.5 Å². The fourth-order valence-electron chi connectivity index (χ4n) is 1.95. The Morgan fingerprint density at radius 2 is 1.77 bits per heavy atom. The average molecular weight is 320 g/mol. The molecule has 1 amide bonds. The van der Waals surface area contributed by atoms with Gasteiger partial charge in [-0.25, -0.2) is 0 Å². The summed E-state index contributed by atoms with van der Waals surface area (Å²) in [6.45, 7) is 1.89. The van der Waals surface area contributed by atoms with Crippen LogP contribution >= 0.6 is 11.6 Å². The Morgan fingerprint density at radius 1 is 1.14 bits per heavy atom. The van der Waals surface area contributed by atoms with Crippen molar-refractivity contribution < 1.29 is 14.3 Å². The van der Waals surface area contributed by atoms with Gasteiger partial charge in [0.1, 0.15) is 0 Å². The quantitative estimate of drug-likeness (QED) is 0.870. The SMILES string of the molecule is CC[C@@H](Oc1ccccc1OC)C(=O)Nc1ccc(Cl)cc1. The molecule has 0 aromatic heterocycles. The van der Waals surface area contributed by atoms with Crippen molar-refractivity contribution in [1.82, 2.24) is 0 Å². The smallest absolute Gasteiger partial charge is 0.265 e. The van der Waals surface area contributed by atoms with Crippen LogP contribution in [0.5, 0.6) is 11.5 Å². The monoisotopic (exact) mass is 319 g/mol. The largest absolute Gasteiger partial charge is 0.493 e. The van der Waals surface area contributed by atoms with Crippen LogP contribution in [0.4, 0.5) is 5.69 Å². The van der Waals surface area contributed by atoms with Crippen molar-refractivity contribution in [2.45, 2.75) is 19.4 Å². The summed E-state index contributed by atoms with van der Waals surface area (Å²) in [6, 6.07) is 14.2. The number of methoxy groups -OCH3 is 1. The van der Waals surface area contributed by atoms with E-state index in [0.717, 1.165) is 0 Å². The summed E-state index contributed by atoms with van der Waals surface area (Å²) in [6.07, 6.45) is -0.0655. The molecule has 0 fully saturated rings. The zero-order valence-electron chi connectivity index (χ0n) is 12.5. The maximum absolute atomic E-state index is 12.3. The molecule has 0 radical (unpaired) electrons. The first kappa shape index (κ1) is 16.2. The second kappa shape index (κ2) is 7.71. The Kier molecular flexibility index (Phi) is 5.67. The Hall–Kier alpha value is -2.20. The second-order valence-corrected chi connectivity index (χ2v) is 5.10. The van der Waals surface area contributed by atoms with Gasteiger partial charge in [-0.1, -0.05) is 30.7 Å². The second-order valence-electron chi connectivity index (χ2n) is 4.66. The highest BCUT2D eigenvalue weighted by atomic mass is 35.5. The molecule has 0 aliphatic carbocycles. The van der Waals surface area contributed by atoms with E-state index in [9.17, 15) is 4.79 Å². The Labute approximate surface area is 135 Å². The number of ether oxygens (including phenoxy) is 2. The fraction of sp³-hybridized carbons (Fsp3) is 0.235. The normalized spacial score (nSPS) is 11.6. The maximum Gasteiger partial charge on any atom is 0.265 e. The van der Waals surface area contributed by atoms with Crippen LogP contribution in [0, 0.1) is 0 Å². The Bertz CT molecular complexity index is 628. The van der Waals surface area contributed by atoms with Crippen molar-refractivity contribution >= 4 is 23.2 Å². The van der Waals surface area contributed by atoms with Crippen LogP contribution in [0.1, 0.15) is 13.3 Å². The lowest BCUT2D eigenvalue weighted by Gasteiger charge is -2.18. The van der Waals surface area contributed by atoms with E-state index < -0.39 is 6.10 Å². The van der Waals surface area contributed by atoms with Crippen molar-refractivity contribution in [3.05, 3.63) is 53.6 Å². The van der Waals surface area contributed by atoms with Crippen LogP contribution in [0.25, 0.3) is 0 Å². The summed E-state index contributed by atoms with van der Waals surface area (Å²) < 4.78 is 11.0. The van der Waals surface area contributed by atoms with E-state index in [0.29, 0.717) is 28.6 Å². The lowest BCUT2D eigenvalue weighted by atomic mass is 10.2. The zero-order chi connectivity index (χ0) is 15.9. The number of hydrogen-bond donors (Lipinski definition) is 1. The van der Waals surface area contributed by atoms with Crippen molar-refractivity contribution in [3.63, 3.8) is 0 Å². The van der Waals surface area contributed by atoms with Gasteiger partial charge in [0.25, 0.3) is 5.91 Å². The van der Waals surface area contributed by atoms with Crippen LogP contribution < -0.4 is 14.8 Å². The average Bonchev–Trinajstić information content (AvgIpc) is 2.55. The van der Waals surface area contributed by atoms with Gasteiger partial charge in [-0.05, 0) is 42.8 Å². The first-order valence-electron chi connectivity index (χ1n) is 7.00. The number of nitrogens with one attached hydrogen (secondary N) is 1. The standard InChI is InChI=1S/C17H18ClNO3/c1-3-14(22-16-7-5-4-6-15(16)21-2)17(20)19-13-10-8-12(18)9-11-13/h4-11,14H,3H2,1-2H3,(H,19,20)/t14-/m1/s1. The van der Waals surface area contributed by atoms with Crippen molar-refractivity contribution in [2.24, 2.45) is 0 Å². The minimum Gasteiger partial charge on any atom is -0.493 e. The molecule has 0 saturated heterocycles. The first-order chi connectivity index (χ1) is 10.6. The molecular weight excluding hydrogens is 302 g/mol.